The van der Waals surface area contributed by atoms with Crippen molar-refractivity contribution in [1.82, 2.24) is 10.2 Å². The van der Waals surface area contributed by atoms with Gasteiger partial charge in [0.15, 0.2) is 0 Å². The highest BCUT2D eigenvalue weighted by Crippen LogP contribution is 2.33. The minimum absolute atomic E-state index is 0.623. The third-order valence-corrected chi connectivity index (χ3v) is 4.00. The molecule has 0 saturated carbocycles. The van der Waals surface area contributed by atoms with Gasteiger partial charge in [0.2, 0.25) is 0 Å². The van der Waals surface area contributed by atoms with Crippen LogP contribution in [0.25, 0.3) is 0 Å². The van der Waals surface area contributed by atoms with Crippen LogP contribution in [0.2, 0.25) is 0 Å². The van der Waals surface area contributed by atoms with Gasteiger partial charge in [-0.1, -0.05) is 27.2 Å². The average Bonchev–Trinajstić information content (AvgIpc) is 2.22. The Kier molecular flexibility index (Phi) is 5.07. The van der Waals surface area contributed by atoms with E-state index in [1.165, 1.54) is 38.9 Å². The van der Waals surface area contributed by atoms with E-state index in [2.05, 4.69) is 37.9 Å². The van der Waals surface area contributed by atoms with Gasteiger partial charge >= 0.3 is 0 Å². The predicted octanol–water partition coefficient (Wildman–Crippen LogP) is 2.50. The van der Waals surface area contributed by atoms with Crippen LogP contribution < -0.4 is 5.32 Å². The monoisotopic (exact) mass is 212 g/mol. The Labute approximate surface area is 95.4 Å². The highest BCUT2D eigenvalue weighted by molar-refractivity contribution is 4.82. The Morgan fingerprint density at radius 3 is 2.33 bits per heavy atom. The fourth-order valence-electron chi connectivity index (χ4n) is 2.43. The van der Waals surface area contributed by atoms with Gasteiger partial charge in [-0.2, -0.15) is 0 Å². The molecule has 1 heterocycles. The van der Waals surface area contributed by atoms with Crippen molar-refractivity contribution < 1.29 is 0 Å². The van der Waals surface area contributed by atoms with E-state index in [9.17, 15) is 0 Å². The lowest BCUT2D eigenvalue weighted by Gasteiger charge is -2.39. The van der Waals surface area contributed by atoms with Crippen molar-refractivity contribution in [2.75, 3.05) is 26.2 Å². The number of hydrogen-bond donors (Lipinski definition) is 1. The van der Waals surface area contributed by atoms with Crippen molar-refractivity contribution in [3.8, 4) is 0 Å². The molecule has 1 fully saturated rings. The highest BCUT2D eigenvalue weighted by Gasteiger charge is 2.28. The van der Waals surface area contributed by atoms with Crippen molar-refractivity contribution in [2.24, 2.45) is 5.41 Å². The van der Waals surface area contributed by atoms with Gasteiger partial charge in [-0.3, -0.25) is 0 Å². The van der Waals surface area contributed by atoms with Crippen LogP contribution in [-0.2, 0) is 0 Å². The summed E-state index contributed by atoms with van der Waals surface area (Å²) in [6.45, 7) is 14.1. The second-order valence-corrected chi connectivity index (χ2v) is 5.42. The smallest absolute Gasteiger partial charge is 0.0166 e. The average molecular weight is 212 g/mol. The van der Waals surface area contributed by atoms with E-state index in [0.717, 1.165) is 6.54 Å². The first-order valence-electron chi connectivity index (χ1n) is 6.55. The number of likely N-dealkylation sites (tertiary alicyclic amines) is 1. The second-order valence-electron chi connectivity index (χ2n) is 5.42. The van der Waals surface area contributed by atoms with E-state index in [0.29, 0.717) is 11.5 Å². The van der Waals surface area contributed by atoms with Crippen LogP contribution in [0.1, 0.15) is 47.0 Å². The zero-order chi connectivity index (χ0) is 11.3. The molecule has 0 bridgehead atoms. The minimum Gasteiger partial charge on any atom is -0.313 e. The lowest BCUT2D eigenvalue weighted by atomic mass is 9.78. The van der Waals surface area contributed by atoms with Gasteiger partial charge in [-0.05, 0) is 44.8 Å². The van der Waals surface area contributed by atoms with E-state index >= 15 is 0 Å². The van der Waals surface area contributed by atoms with Crippen LogP contribution >= 0.6 is 0 Å². The Balaban J connectivity index is 2.25. The summed E-state index contributed by atoms with van der Waals surface area (Å²) in [5, 5.41) is 3.49. The molecule has 0 spiro atoms. The van der Waals surface area contributed by atoms with Crippen LogP contribution in [0.3, 0.4) is 0 Å². The van der Waals surface area contributed by atoms with E-state index in [1.807, 2.05) is 0 Å². The van der Waals surface area contributed by atoms with Crippen LogP contribution in [0.4, 0.5) is 0 Å². The van der Waals surface area contributed by atoms with Crippen LogP contribution in [0, 0.1) is 5.41 Å². The summed E-state index contributed by atoms with van der Waals surface area (Å²) >= 11 is 0. The van der Waals surface area contributed by atoms with Gasteiger partial charge in [-0.25, -0.2) is 0 Å². The third-order valence-electron chi connectivity index (χ3n) is 4.00. The Morgan fingerprint density at radius 1 is 1.27 bits per heavy atom. The normalized spacial score (nSPS) is 24.0. The molecule has 1 saturated heterocycles. The summed E-state index contributed by atoms with van der Waals surface area (Å²) in [7, 11) is 0. The van der Waals surface area contributed by atoms with Crippen molar-refractivity contribution in [2.45, 2.75) is 53.0 Å². The minimum atomic E-state index is 0.623. The quantitative estimate of drug-likeness (QED) is 0.753. The molecule has 0 aliphatic carbocycles. The van der Waals surface area contributed by atoms with Gasteiger partial charge in [0.05, 0.1) is 0 Å². The number of rotatable bonds is 5. The lowest BCUT2D eigenvalue weighted by Crippen LogP contribution is -2.44. The molecule has 1 N–H and O–H groups in total. The maximum absolute atomic E-state index is 3.49. The first-order chi connectivity index (χ1) is 7.09. The third kappa shape index (κ3) is 4.12. The Morgan fingerprint density at radius 2 is 1.87 bits per heavy atom. The van der Waals surface area contributed by atoms with E-state index in [1.54, 1.807) is 0 Å². The Bertz CT molecular complexity index is 171. The molecule has 1 rings (SSSR count). The molecule has 2 heteroatoms. The van der Waals surface area contributed by atoms with E-state index in [-0.39, 0.29) is 0 Å². The molecule has 0 aromatic heterocycles. The molecule has 1 aliphatic heterocycles. The van der Waals surface area contributed by atoms with Crippen molar-refractivity contribution in [1.29, 1.82) is 0 Å². The summed E-state index contributed by atoms with van der Waals surface area (Å²) in [5.74, 6) is 0. The molecule has 15 heavy (non-hydrogen) atoms. The number of hydrogen-bond acceptors (Lipinski definition) is 2. The van der Waals surface area contributed by atoms with Gasteiger partial charge in [0, 0.05) is 12.6 Å². The van der Waals surface area contributed by atoms with Gasteiger partial charge < -0.3 is 10.2 Å². The summed E-state index contributed by atoms with van der Waals surface area (Å²) in [6, 6.07) is 0.640. The van der Waals surface area contributed by atoms with Crippen LogP contribution in [0.5, 0.6) is 0 Å². The SMILES string of the molecule is CCNC(C)CN1CCC(C)(CC)CC1. The lowest BCUT2D eigenvalue weighted by molar-refractivity contribution is 0.108. The number of piperidine rings is 1. The molecule has 1 unspecified atom stereocenters. The molecule has 90 valence electrons. The highest BCUT2D eigenvalue weighted by atomic mass is 15.2. The zero-order valence-electron chi connectivity index (χ0n) is 11.0. The largest absolute Gasteiger partial charge is 0.313 e. The van der Waals surface area contributed by atoms with Gasteiger partial charge in [-0.15, -0.1) is 0 Å². The van der Waals surface area contributed by atoms with Crippen molar-refractivity contribution in [3.63, 3.8) is 0 Å². The van der Waals surface area contributed by atoms with Crippen LogP contribution in [-0.4, -0.2) is 37.1 Å². The fourth-order valence-corrected chi connectivity index (χ4v) is 2.43. The van der Waals surface area contributed by atoms with Crippen molar-refractivity contribution in [3.05, 3.63) is 0 Å². The standard InChI is InChI=1S/C13H28N2/c1-5-13(4)7-9-15(10-8-13)11-12(3)14-6-2/h12,14H,5-11H2,1-4H3. The van der Waals surface area contributed by atoms with E-state index < -0.39 is 0 Å². The van der Waals surface area contributed by atoms with Crippen LogP contribution in [0.15, 0.2) is 0 Å². The summed E-state index contributed by atoms with van der Waals surface area (Å²) in [4.78, 5) is 2.62. The number of likely N-dealkylation sites (N-methyl/N-ethyl adjacent to an activating group) is 1. The first-order valence-corrected chi connectivity index (χ1v) is 6.55. The molecule has 0 aromatic rings. The van der Waals surface area contributed by atoms with Crippen molar-refractivity contribution >= 4 is 0 Å². The fraction of sp³-hybridized carbons (Fsp3) is 1.00. The predicted molar refractivity (Wildman–Crippen MR) is 67.2 cm³/mol. The molecule has 1 atom stereocenters. The molecular formula is C13H28N2. The van der Waals surface area contributed by atoms with Gasteiger partial charge in [0.1, 0.15) is 0 Å². The summed E-state index contributed by atoms with van der Waals surface area (Å²) in [5.41, 5.74) is 0.623. The topological polar surface area (TPSA) is 15.3 Å². The Hall–Kier alpha value is -0.0800. The number of nitrogens with zero attached hydrogens (tertiary/aromatic N) is 1. The first kappa shape index (κ1) is 13.0. The molecule has 0 aromatic carbocycles. The molecule has 0 radical (unpaired) electrons. The van der Waals surface area contributed by atoms with E-state index in [4.69, 9.17) is 0 Å². The number of nitrogens with one attached hydrogen (secondary N) is 1. The molecule has 0 amide bonds. The maximum atomic E-state index is 3.49. The maximum Gasteiger partial charge on any atom is 0.0166 e. The zero-order valence-corrected chi connectivity index (χ0v) is 11.0. The molecular weight excluding hydrogens is 184 g/mol. The molecule has 2 nitrogen and oxygen atoms in total. The van der Waals surface area contributed by atoms with Gasteiger partial charge in [0.25, 0.3) is 0 Å². The summed E-state index contributed by atoms with van der Waals surface area (Å²) < 4.78 is 0. The second kappa shape index (κ2) is 5.86. The molecule has 1 aliphatic rings. The summed E-state index contributed by atoms with van der Waals surface area (Å²) in [6.07, 6.45) is 4.09.